The van der Waals surface area contributed by atoms with Gasteiger partial charge in [-0.25, -0.2) is 9.59 Å². The summed E-state index contributed by atoms with van der Waals surface area (Å²) < 4.78 is 10.2. The first-order valence-corrected chi connectivity index (χ1v) is 6.38. The van der Waals surface area contributed by atoms with Crippen LogP contribution in [0.2, 0.25) is 0 Å². The van der Waals surface area contributed by atoms with Crippen LogP contribution in [0.4, 0.5) is 0 Å². The van der Waals surface area contributed by atoms with Gasteiger partial charge in [0.25, 0.3) is 0 Å². The zero-order chi connectivity index (χ0) is 15.3. The first-order chi connectivity index (χ1) is 9.19. The molecule has 20 heavy (non-hydrogen) atoms. The molecular formula is C16H20O4. The van der Waals surface area contributed by atoms with E-state index in [1.807, 2.05) is 19.1 Å². The highest BCUT2D eigenvalue weighted by Crippen LogP contribution is 2.12. The van der Waals surface area contributed by atoms with Crippen molar-refractivity contribution in [2.75, 3.05) is 0 Å². The van der Waals surface area contributed by atoms with Gasteiger partial charge < -0.3 is 9.47 Å². The highest BCUT2D eigenvalue weighted by Gasteiger charge is 2.16. The van der Waals surface area contributed by atoms with Crippen molar-refractivity contribution in [1.82, 2.24) is 0 Å². The maximum absolute atomic E-state index is 11.9. The summed E-state index contributed by atoms with van der Waals surface area (Å²) in [5.41, 5.74) is 0.723. The quantitative estimate of drug-likeness (QED) is 0.482. The summed E-state index contributed by atoms with van der Waals surface area (Å²) in [5, 5.41) is 0. The van der Waals surface area contributed by atoms with Gasteiger partial charge in [-0.1, -0.05) is 18.2 Å². The molecule has 0 unspecified atom stereocenters. The van der Waals surface area contributed by atoms with E-state index in [0.29, 0.717) is 5.56 Å². The third kappa shape index (κ3) is 5.26. The Morgan fingerprint density at radius 3 is 2.30 bits per heavy atom. The molecule has 1 aromatic carbocycles. The smallest absolute Gasteiger partial charge is 0.343 e. The van der Waals surface area contributed by atoms with Gasteiger partial charge in [0.1, 0.15) is 11.4 Å². The second-order valence-corrected chi connectivity index (χ2v) is 5.49. The zero-order valence-electron chi connectivity index (χ0n) is 12.5. The van der Waals surface area contributed by atoms with E-state index in [4.69, 9.17) is 9.47 Å². The molecule has 0 aliphatic carbocycles. The van der Waals surface area contributed by atoms with Crippen molar-refractivity contribution in [3.05, 3.63) is 47.2 Å². The molecule has 0 N–H and O–H groups in total. The monoisotopic (exact) mass is 276 g/mol. The molecule has 108 valence electrons. The van der Waals surface area contributed by atoms with E-state index in [9.17, 15) is 9.59 Å². The molecule has 0 saturated heterocycles. The molecule has 4 heteroatoms. The second kappa shape index (κ2) is 6.37. The molecule has 0 fully saturated rings. The van der Waals surface area contributed by atoms with Crippen molar-refractivity contribution in [3.63, 3.8) is 0 Å². The maximum Gasteiger partial charge on any atom is 0.343 e. The average molecular weight is 276 g/mol. The van der Waals surface area contributed by atoms with E-state index in [0.717, 1.165) is 5.56 Å². The fraction of sp³-hybridized carbons (Fsp3) is 0.375. The molecule has 0 aromatic heterocycles. The Balaban J connectivity index is 2.71. The minimum Gasteiger partial charge on any atom is -0.457 e. The Labute approximate surface area is 119 Å². The largest absolute Gasteiger partial charge is 0.457 e. The standard InChI is InChI=1S/C16H20O4/c1-11-8-6-7-9-13(11)15(18)19-12(2)10-14(17)20-16(3,4)5/h6-10H,1-5H3/b12-10-. The van der Waals surface area contributed by atoms with Crippen molar-refractivity contribution in [2.24, 2.45) is 0 Å². The van der Waals surface area contributed by atoms with Crippen molar-refractivity contribution in [1.29, 1.82) is 0 Å². The summed E-state index contributed by atoms with van der Waals surface area (Å²) >= 11 is 0. The molecule has 0 aliphatic heterocycles. The van der Waals surface area contributed by atoms with E-state index in [1.54, 1.807) is 39.8 Å². The van der Waals surface area contributed by atoms with Crippen LogP contribution in [0.3, 0.4) is 0 Å². The number of ether oxygens (including phenoxy) is 2. The van der Waals surface area contributed by atoms with E-state index in [-0.39, 0.29) is 5.76 Å². The summed E-state index contributed by atoms with van der Waals surface area (Å²) in [4.78, 5) is 23.5. The van der Waals surface area contributed by atoms with Gasteiger partial charge in [-0.3, -0.25) is 0 Å². The van der Waals surface area contributed by atoms with Crippen molar-refractivity contribution in [3.8, 4) is 0 Å². The normalized spacial score (nSPS) is 11.9. The predicted octanol–water partition coefficient (Wildman–Crippen LogP) is 3.40. The SMILES string of the molecule is C/C(=C/C(=O)OC(C)(C)C)OC(=O)c1ccccc1C. The fourth-order valence-corrected chi connectivity index (χ4v) is 1.53. The van der Waals surface area contributed by atoms with E-state index in [2.05, 4.69) is 0 Å². The second-order valence-electron chi connectivity index (χ2n) is 5.49. The van der Waals surface area contributed by atoms with Crippen LogP contribution in [-0.4, -0.2) is 17.5 Å². The first kappa shape index (κ1) is 16.0. The number of rotatable bonds is 3. The van der Waals surface area contributed by atoms with Crippen LogP contribution in [0.25, 0.3) is 0 Å². The number of esters is 2. The van der Waals surface area contributed by atoms with Gasteiger partial charge in [0.15, 0.2) is 0 Å². The van der Waals surface area contributed by atoms with Crippen LogP contribution in [0.1, 0.15) is 43.6 Å². The van der Waals surface area contributed by atoms with Gasteiger partial charge in [0.05, 0.1) is 11.6 Å². The highest BCUT2D eigenvalue weighted by atomic mass is 16.6. The molecule has 0 atom stereocenters. The lowest BCUT2D eigenvalue weighted by molar-refractivity contribution is -0.148. The predicted molar refractivity (Wildman–Crippen MR) is 76.2 cm³/mol. The number of allylic oxidation sites excluding steroid dienone is 1. The van der Waals surface area contributed by atoms with Crippen molar-refractivity contribution in [2.45, 2.75) is 40.2 Å². The average Bonchev–Trinajstić information content (AvgIpc) is 2.25. The van der Waals surface area contributed by atoms with Gasteiger partial charge in [0, 0.05) is 0 Å². The van der Waals surface area contributed by atoms with Gasteiger partial charge >= 0.3 is 11.9 Å². The molecular weight excluding hydrogens is 256 g/mol. The molecule has 0 heterocycles. The topological polar surface area (TPSA) is 52.6 Å². The van der Waals surface area contributed by atoms with Crippen LogP contribution in [-0.2, 0) is 14.3 Å². The number of aryl methyl sites for hydroxylation is 1. The maximum atomic E-state index is 11.9. The number of carbonyl (C=O) groups is 2. The lowest BCUT2D eigenvalue weighted by Gasteiger charge is -2.18. The van der Waals surface area contributed by atoms with Gasteiger partial charge in [0.2, 0.25) is 0 Å². The van der Waals surface area contributed by atoms with Gasteiger partial charge in [-0.05, 0) is 46.2 Å². The summed E-state index contributed by atoms with van der Waals surface area (Å²) in [6.07, 6.45) is 1.17. The summed E-state index contributed by atoms with van der Waals surface area (Å²) in [7, 11) is 0. The van der Waals surface area contributed by atoms with Gasteiger partial charge in [-0.15, -0.1) is 0 Å². The third-order valence-electron chi connectivity index (χ3n) is 2.35. The van der Waals surface area contributed by atoms with Crippen LogP contribution in [0.5, 0.6) is 0 Å². The van der Waals surface area contributed by atoms with Crippen molar-refractivity contribution >= 4 is 11.9 Å². The van der Waals surface area contributed by atoms with E-state index >= 15 is 0 Å². The zero-order valence-corrected chi connectivity index (χ0v) is 12.5. The van der Waals surface area contributed by atoms with Crippen LogP contribution in [0.15, 0.2) is 36.1 Å². The Kier molecular flexibility index (Phi) is 5.08. The molecule has 0 spiro atoms. The Hall–Kier alpha value is -2.10. The van der Waals surface area contributed by atoms with Crippen LogP contribution in [0, 0.1) is 6.92 Å². The molecule has 1 aromatic rings. The third-order valence-corrected chi connectivity index (χ3v) is 2.35. The lowest BCUT2D eigenvalue weighted by Crippen LogP contribution is -2.23. The molecule has 1 rings (SSSR count). The molecule has 4 nitrogen and oxygen atoms in total. The Morgan fingerprint density at radius 2 is 1.75 bits per heavy atom. The minimum atomic E-state index is -0.576. The van der Waals surface area contributed by atoms with Crippen LogP contribution >= 0.6 is 0 Å². The fourth-order valence-electron chi connectivity index (χ4n) is 1.53. The molecule has 0 aliphatic rings. The molecule has 0 saturated carbocycles. The van der Waals surface area contributed by atoms with E-state index < -0.39 is 17.5 Å². The number of carbonyl (C=O) groups excluding carboxylic acids is 2. The highest BCUT2D eigenvalue weighted by molar-refractivity contribution is 5.92. The van der Waals surface area contributed by atoms with Crippen molar-refractivity contribution < 1.29 is 19.1 Å². The number of hydrogen-bond acceptors (Lipinski definition) is 4. The number of hydrogen-bond donors (Lipinski definition) is 0. The van der Waals surface area contributed by atoms with E-state index in [1.165, 1.54) is 6.08 Å². The molecule has 0 amide bonds. The van der Waals surface area contributed by atoms with Gasteiger partial charge in [-0.2, -0.15) is 0 Å². The molecule has 0 radical (unpaired) electrons. The first-order valence-electron chi connectivity index (χ1n) is 6.38. The Morgan fingerprint density at radius 1 is 1.15 bits per heavy atom. The minimum absolute atomic E-state index is 0.201. The molecule has 0 bridgehead atoms. The lowest BCUT2D eigenvalue weighted by atomic mass is 10.1. The van der Waals surface area contributed by atoms with Crippen LogP contribution < -0.4 is 0 Å². The Bertz CT molecular complexity index is 536. The summed E-state index contributed by atoms with van der Waals surface area (Å²) in [6.45, 7) is 8.68. The summed E-state index contributed by atoms with van der Waals surface area (Å²) in [5.74, 6) is -0.819. The number of benzene rings is 1. The summed E-state index contributed by atoms with van der Waals surface area (Å²) in [6, 6.07) is 7.11.